The molecule has 9 nitrogen and oxygen atoms in total. The maximum absolute atomic E-state index is 13.6. The third kappa shape index (κ3) is 5.14. The van der Waals surface area contributed by atoms with Gasteiger partial charge in [-0.2, -0.15) is 23.3 Å². The summed E-state index contributed by atoms with van der Waals surface area (Å²) < 4.78 is 66.3. The Labute approximate surface area is 186 Å². The number of hydrogen-bond acceptors (Lipinski definition) is 7. The summed E-state index contributed by atoms with van der Waals surface area (Å²) >= 11 is 0. The molecule has 2 heterocycles. The Morgan fingerprint density at radius 1 is 1.03 bits per heavy atom. The summed E-state index contributed by atoms with van der Waals surface area (Å²) in [5, 5.41) is 13.3. The van der Waals surface area contributed by atoms with Gasteiger partial charge in [0.15, 0.2) is 0 Å². The maximum Gasteiger partial charge on any atom is 0.421 e. The molecule has 2 aromatic heterocycles. The van der Waals surface area contributed by atoms with E-state index in [4.69, 9.17) is 0 Å². The summed E-state index contributed by atoms with van der Waals surface area (Å²) in [7, 11) is -3.66. The number of hydrogen-bond donors (Lipinski definition) is 4. The van der Waals surface area contributed by atoms with E-state index >= 15 is 0 Å². The van der Waals surface area contributed by atoms with Crippen molar-refractivity contribution in [1.82, 2.24) is 20.2 Å². The second-order valence-electron chi connectivity index (χ2n) is 7.20. The first kappa shape index (κ1) is 22.3. The van der Waals surface area contributed by atoms with Crippen LogP contribution in [0.4, 0.5) is 42.0 Å². The van der Waals surface area contributed by atoms with E-state index in [2.05, 4.69) is 35.5 Å². The number of para-hydroxylation sites is 2. The lowest BCUT2D eigenvalue weighted by molar-refractivity contribution is -0.137. The molecule has 172 valence electrons. The first-order valence-corrected chi connectivity index (χ1v) is 11.4. The number of sulfonamides is 1. The molecule has 0 saturated heterocycles. The zero-order valence-electron chi connectivity index (χ0n) is 17.3. The van der Waals surface area contributed by atoms with Gasteiger partial charge in [0.25, 0.3) is 0 Å². The summed E-state index contributed by atoms with van der Waals surface area (Å²) in [6, 6.07) is 11.2. The van der Waals surface area contributed by atoms with Crippen LogP contribution in [-0.4, -0.2) is 34.8 Å². The molecule has 0 bridgehead atoms. The minimum atomic E-state index is -4.74. The summed E-state index contributed by atoms with van der Waals surface area (Å²) in [5.41, 5.74) is 1.18. The highest BCUT2D eigenvalue weighted by Crippen LogP contribution is 2.36. The number of H-pyrrole nitrogens is 1. The molecule has 4 aromatic rings. The smallest absolute Gasteiger partial charge is 0.338 e. The molecule has 0 spiro atoms. The predicted octanol–water partition coefficient (Wildman–Crippen LogP) is 4.54. The van der Waals surface area contributed by atoms with Crippen molar-refractivity contribution in [3.63, 3.8) is 0 Å². The van der Waals surface area contributed by atoms with Crippen LogP contribution in [-0.2, 0) is 16.2 Å². The first-order valence-electron chi connectivity index (χ1n) is 9.49. The minimum Gasteiger partial charge on any atom is -0.338 e. The molecule has 0 unspecified atom stereocenters. The Balaban J connectivity index is 1.71. The fourth-order valence-electron chi connectivity index (χ4n) is 3.10. The van der Waals surface area contributed by atoms with Crippen LogP contribution in [0.15, 0.2) is 48.7 Å². The lowest BCUT2D eigenvalue weighted by Crippen LogP contribution is -2.14. The van der Waals surface area contributed by atoms with Crippen molar-refractivity contribution in [2.75, 3.05) is 21.6 Å². The number of alkyl halides is 3. The van der Waals surface area contributed by atoms with Crippen molar-refractivity contribution < 1.29 is 21.6 Å². The number of fused-ring (bicyclic) bond motifs is 1. The lowest BCUT2D eigenvalue weighted by atomic mass is 10.2. The summed E-state index contributed by atoms with van der Waals surface area (Å²) in [6.45, 7) is 1.84. The molecule has 0 aliphatic rings. The van der Waals surface area contributed by atoms with Gasteiger partial charge in [0.05, 0.1) is 23.1 Å². The first-order chi connectivity index (χ1) is 15.5. The molecule has 0 saturated carbocycles. The van der Waals surface area contributed by atoms with E-state index in [1.54, 1.807) is 30.3 Å². The molecule has 0 aliphatic carbocycles. The quantitative estimate of drug-likeness (QED) is 0.321. The average Bonchev–Trinajstić information content (AvgIpc) is 3.08. The molecule has 13 heteroatoms. The van der Waals surface area contributed by atoms with Gasteiger partial charge in [0, 0.05) is 23.0 Å². The Morgan fingerprint density at radius 3 is 2.45 bits per heavy atom. The zero-order chi connectivity index (χ0) is 23.8. The summed E-state index contributed by atoms with van der Waals surface area (Å²) in [5.74, 6) is -0.622. The highest BCUT2D eigenvalue weighted by Gasteiger charge is 2.35. The maximum atomic E-state index is 13.6. The van der Waals surface area contributed by atoms with Gasteiger partial charge in [0.1, 0.15) is 11.4 Å². The van der Waals surface area contributed by atoms with Gasteiger partial charge in [-0.05, 0) is 37.3 Å². The molecule has 4 N–H and O–H groups in total. The van der Waals surface area contributed by atoms with E-state index in [9.17, 15) is 21.6 Å². The average molecular weight is 477 g/mol. The Morgan fingerprint density at radius 2 is 1.76 bits per heavy atom. The minimum absolute atomic E-state index is 0.0714. The van der Waals surface area contributed by atoms with Crippen molar-refractivity contribution in [1.29, 1.82) is 0 Å². The molecule has 33 heavy (non-hydrogen) atoms. The third-order valence-corrected chi connectivity index (χ3v) is 5.16. The van der Waals surface area contributed by atoms with Gasteiger partial charge in [-0.25, -0.2) is 13.4 Å². The molecule has 0 aliphatic heterocycles. The zero-order valence-corrected chi connectivity index (χ0v) is 18.1. The van der Waals surface area contributed by atoms with Crippen molar-refractivity contribution >= 4 is 49.8 Å². The van der Waals surface area contributed by atoms with Crippen LogP contribution in [0.25, 0.3) is 10.9 Å². The van der Waals surface area contributed by atoms with Crippen molar-refractivity contribution in [2.45, 2.75) is 13.1 Å². The second-order valence-corrected chi connectivity index (χ2v) is 8.95. The van der Waals surface area contributed by atoms with Gasteiger partial charge < -0.3 is 10.6 Å². The number of aryl methyl sites for hydroxylation is 1. The fourth-order valence-corrected chi connectivity index (χ4v) is 3.68. The number of halogens is 3. The van der Waals surface area contributed by atoms with E-state index < -0.39 is 27.6 Å². The Hall–Kier alpha value is -3.87. The molecular formula is C20H18F3N7O2S. The second kappa shape index (κ2) is 8.24. The largest absolute Gasteiger partial charge is 0.421 e. The molecule has 0 atom stereocenters. The fraction of sp³-hybridized carbons (Fsp3) is 0.150. The number of aromatic amines is 1. The Kier molecular flexibility index (Phi) is 5.57. The van der Waals surface area contributed by atoms with Gasteiger partial charge in [0.2, 0.25) is 16.0 Å². The lowest BCUT2D eigenvalue weighted by Gasteiger charge is -2.17. The van der Waals surface area contributed by atoms with Gasteiger partial charge in [-0.3, -0.25) is 9.82 Å². The molecule has 2 aromatic carbocycles. The molecular weight excluding hydrogens is 459 g/mol. The van der Waals surface area contributed by atoms with E-state index in [1.807, 2.05) is 6.92 Å². The highest BCUT2D eigenvalue weighted by molar-refractivity contribution is 7.92. The molecule has 0 amide bonds. The van der Waals surface area contributed by atoms with Gasteiger partial charge in [-0.15, -0.1) is 0 Å². The van der Waals surface area contributed by atoms with E-state index in [0.29, 0.717) is 11.9 Å². The van der Waals surface area contributed by atoms with Crippen LogP contribution in [0.5, 0.6) is 0 Å². The standard InChI is InChI=1S/C20H18F3N7O2S/c1-11-13-9-12(7-8-15(13)29-28-11)25-19-24-10-14(20(21,22)23)18(27-19)26-16-5-3-4-6-17(16)30-33(2,31)32/h3-10,30H,1-2H3,(H,28,29)(H2,24,25,26,27). The predicted molar refractivity (Wildman–Crippen MR) is 119 cm³/mol. The van der Waals surface area contributed by atoms with Gasteiger partial charge >= 0.3 is 6.18 Å². The number of nitrogens with one attached hydrogen (secondary N) is 4. The van der Waals surface area contributed by atoms with Crippen LogP contribution in [0, 0.1) is 6.92 Å². The van der Waals surface area contributed by atoms with Crippen LogP contribution in [0.2, 0.25) is 0 Å². The topological polar surface area (TPSA) is 125 Å². The number of benzene rings is 2. The van der Waals surface area contributed by atoms with Crippen LogP contribution >= 0.6 is 0 Å². The van der Waals surface area contributed by atoms with Crippen LogP contribution in [0.1, 0.15) is 11.3 Å². The van der Waals surface area contributed by atoms with Gasteiger partial charge in [-0.1, -0.05) is 12.1 Å². The SMILES string of the molecule is Cc1[nH]nc2ccc(Nc3ncc(C(F)(F)F)c(Nc4ccccc4NS(C)(=O)=O)n3)cc12. The highest BCUT2D eigenvalue weighted by atomic mass is 32.2. The monoisotopic (exact) mass is 477 g/mol. The van der Waals surface area contributed by atoms with Crippen molar-refractivity contribution in [3.05, 3.63) is 59.9 Å². The van der Waals surface area contributed by atoms with Crippen molar-refractivity contribution in [2.24, 2.45) is 0 Å². The van der Waals surface area contributed by atoms with Crippen molar-refractivity contribution in [3.8, 4) is 0 Å². The van der Waals surface area contributed by atoms with Crippen LogP contribution < -0.4 is 15.4 Å². The molecule has 4 rings (SSSR count). The van der Waals surface area contributed by atoms with E-state index in [0.717, 1.165) is 22.9 Å². The van der Waals surface area contributed by atoms with E-state index in [1.165, 1.54) is 12.1 Å². The number of aromatic nitrogens is 4. The summed E-state index contributed by atoms with van der Waals surface area (Å²) in [4.78, 5) is 7.80. The normalized spacial score (nSPS) is 12.0. The number of rotatable bonds is 6. The van der Waals surface area contributed by atoms with Crippen LogP contribution in [0.3, 0.4) is 0 Å². The number of anilines is 5. The molecule has 0 fully saturated rings. The number of nitrogens with zero attached hydrogens (tertiary/aromatic N) is 3. The Bertz CT molecular complexity index is 1440. The molecule has 0 radical (unpaired) electrons. The third-order valence-electron chi connectivity index (χ3n) is 4.57. The van der Waals surface area contributed by atoms with E-state index in [-0.39, 0.29) is 17.3 Å². The summed E-state index contributed by atoms with van der Waals surface area (Å²) in [6.07, 6.45) is -3.14.